The molecule has 5 heteroatoms. The number of benzene rings is 3. The monoisotopic (exact) mass is 425 g/mol. The van der Waals surface area contributed by atoms with Gasteiger partial charge in [-0.1, -0.05) is 91.0 Å². The Morgan fingerprint density at radius 1 is 0.710 bits per heavy atom. The summed E-state index contributed by atoms with van der Waals surface area (Å²) in [6.45, 7) is 0.266. The highest BCUT2D eigenvalue weighted by Gasteiger charge is 2.37. The molecule has 0 N–H and O–H groups in total. The van der Waals surface area contributed by atoms with Crippen molar-refractivity contribution in [3.8, 4) is 0 Å². The Morgan fingerprint density at radius 3 is 1.71 bits per heavy atom. The van der Waals surface area contributed by atoms with Crippen molar-refractivity contribution in [3.63, 3.8) is 0 Å². The fourth-order valence-corrected chi connectivity index (χ4v) is 4.03. The summed E-state index contributed by atoms with van der Waals surface area (Å²) >= 11 is 4.98. The molecule has 0 aliphatic carbocycles. The maximum absolute atomic E-state index is 6.77. The lowest BCUT2D eigenvalue weighted by Crippen LogP contribution is -2.32. The first-order valence-corrected chi connectivity index (χ1v) is 10.4. The predicted molar refractivity (Wildman–Crippen MR) is 121 cm³/mol. The molecule has 0 saturated heterocycles. The van der Waals surface area contributed by atoms with Crippen molar-refractivity contribution >= 4 is 23.4 Å². The Balaban J connectivity index is 1.64. The standard InChI is InChI=1S/C26H19NO3S/c31-25-29-23-16-22(27-17-24(23)30-25)18-28-26(19-10-4-1-5-11-19,20-12-6-2-7-13-20)21-14-8-3-9-15-21/h1-17H,18H2. The number of rotatable bonds is 6. The topological polar surface area (TPSA) is 48.4 Å². The molecule has 0 fully saturated rings. The molecule has 5 rings (SSSR count). The van der Waals surface area contributed by atoms with E-state index in [1.807, 2.05) is 54.6 Å². The smallest absolute Gasteiger partial charge is 0.363 e. The van der Waals surface area contributed by atoms with Crippen molar-refractivity contribution in [3.05, 3.63) is 131 Å². The van der Waals surface area contributed by atoms with Gasteiger partial charge >= 0.3 is 4.90 Å². The zero-order chi connectivity index (χ0) is 21.1. The second-order valence-electron chi connectivity index (χ2n) is 7.14. The van der Waals surface area contributed by atoms with Crippen LogP contribution in [-0.2, 0) is 16.9 Å². The van der Waals surface area contributed by atoms with Crippen molar-refractivity contribution in [2.24, 2.45) is 0 Å². The first-order chi connectivity index (χ1) is 15.3. The van der Waals surface area contributed by atoms with Crippen molar-refractivity contribution in [1.82, 2.24) is 4.98 Å². The highest BCUT2D eigenvalue weighted by atomic mass is 32.1. The predicted octanol–water partition coefficient (Wildman–Crippen LogP) is 6.66. The molecular weight excluding hydrogens is 406 g/mol. The summed E-state index contributed by atoms with van der Waals surface area (Å²) in [4.78, 5) is 4.56. The highest BCUT2D eigenvalue weighted by Crippen LogP contribution is 2.41. The molecule has 0 aliphatic heterocycles. The van der Waals surface area contributed by atoms with Gasteiger partial charge in [-0.05, 0) is 16.7 Å². The van der Waals surface area contributed by atoms with E-state index in [2.05, 4.69) is 41.4 Å². The van der Waals surface area contributed by atoms with Gasteiger partial charge in [0.25, 0.3) is 0 Å². The fourth-order valence-electron chi connectivity index (χ4n) is 3.85. The minimum atomic E-state index is -0.808. The average molecular weight is 426 g/mol. The number of fused-ring (bicyclic) bond motifs is 1. The third-order valence-corrected chi connectivity index (χ3v) is 5.42. The maximum atomic E-state index is 6.77. The summed E-state index contributed by atoms with van der Waals surface area (Å²) in [6, 6.07) is 32.5. The molecule has 0 unspecified atom stereocenters. The minimum absolute atomic E-state index is 0.0853. The Hall–Kier alpha value is -3.54. The number of aromatic nitrogens is 1. The lowest BCUT2D eigenvalue weighted by atomic mass is 9.80. The van der Waals surface area contributed by atoms with Crippen molar-refractivity contribution in [2.45, 2.75) is 12.2 Å². The first kappa shape index (κ1) is 19.4. The molecule has 0 aliphatic rings. The molecule has 2 aromatic heterocycles. The largest absolute Gasteiger partial charge is 0.413 e. The molecule has 0 atom stereocenters. The third-order valence-electron chi connectivity index (χ3n) is 5.25. The maximum Gasteiger partial charge on any atom is 0.363 e. The molecule has 4 nitrogen and oxygen atoms in total. The van der Waals surface area contributed by atoms with Gasteiger partial charge in [0.2, 0.25) is 0 Å². The molecule has 3 aromatic carbocycles. The van der Waals surface area contributed by atoms with Crippen LogP contribution in [0, 0.1) is 4.90 Å². The molecular formula is C26H19NO3S. The van der Waals surface area contributed by atoms with Crippen LogP contribution in [0.3, 0.4) is 0 Å². The van der Waals surface area contributed by atoms with Gasteiger partial charge in [-0.15, -0.1) is 0 Å². The zero-order valence-corrected chi connectivity index (χ0v) is 17.4. The van der Waals surface area contributed by atoms with E-state index in [0.717, 1.165) is 22.4 Å². The zero-order valence-electron chi connectivity index (χ0n) is 16.6. The van der Waals surface area contributed by atoms with Gasteiger partial charge in [-0.2, -0.15) is 0 Å². The summed E-state index contributed by atoms with van der Waals surface area (Å²) < 4.78 is 17.5. The van der Waals surface area contributed by atoms with Crippen molar-refractivity contribution in [1.29, 1.82) is 0 Å². The summed E-state index contributed by atoms with van der Waals surface area (Å²) in [5, 5.41) is 0. The Morgan fingerprint density at radius 2 is 1.19 bits per heavy atom. The van der Waals surface area contributed by atoms with Gasteiger partial charge < -0.3 is 13.6 Å². The van der Waals surface area contributed by atoms with Crippen LogP contribution in [0.15, 0.2) is 112 Å². The number of ether oxygens (including phenoxy) is 1. The third kappa shape index (κ3) is 3.69. The molecule has 0 spiro atoms. The van der Waals surface area contributed by atoms with Gasteiger partial charge in [-0.3, -0.25) is 4.98 Å². The average Bonchev–Trinajstić information content (AvgIpc) is 3.21. The lowest BCUT2D eigenvalue weighted by molar-refractivity contribution is -0.00137. The fraction of sp³-hybridized carbons (Fsp3) is 0.0769. The van der Waals surface area contributed by atoms with Crippen molar-refractivity contribution in [2.75, 3.05) is 0 Å². The molecule has 5 aromatic rings. The molecule has 31 heavy (non-hydrogen) atoms. The van der Waals surface area contributed by atoms with E-state index in [0.29, 0.717) is 11.2 Å². The van der Waals surface area contributed by atoms with Gasteiger partial charge in [0.05, 0.1) is 18.5 Å². The first-order valence-electron chi connectivity index (χ1n) is 9.95. The van der Waals surface area contributed by atoms with Crippen LogP contribution < -0.4 is 0 Å². The second-order valence-corrected chi connectivity index (χ2v) is 7.48. The van der Waals surface area contributed by atoms with Crippen molar-refractivity contribution < 1.29 is 13.6 Å². The molecule has 0 bridgehead atoms. The summed E-state index contributed by atoms with van der Waals surface area (Å²) in [6.07, 6.45) is 1.61. The number of nitrogens with zero attached hydrogens (tertiary/aromatic N) is 1. The van der Waals surface area contributed by atoms with E-state index in [9.17, 15) is 0 Å². The van der Waals surface area contributed by atoms with Crippen LogP contribution in [0.4, 0.5) is 0 Å². The Bertz CT molecular complexity index is 1250. The quantitative estimate of drug-likeness (QED) is 0.225. The van der Waals surface area contributed by atoms with Gasteiger partial charge in [-0.25, -0.2) is 0 Å². The van der Waals surface area contributed by atoms with E-state index in [1.54, 1.807) is 12.3 Å². The summed E-state index contributed by atoms with van der Waals surface area (Å²) in [5.41, 5.74) is 4.10. The number of hydrogen-bond donors (Lipinski definition) is 0. The Labute approximate surface area is 184 Å². The van der Waals surface area contributed by atoms with E-state index in [-0.39, 0.29) is 11.5 Å². The lowest BCUT2D eigenvalue weighted by Gasteiger charge is -2.35. The van der Waals surface area contributed by atoms with Crippen LogP contribution in [0.25, 0.3) is 11.2 Å². The molecule has 0 amide bonds. The number of pyridine rings is 1. The van der Waals surface area contributed by atoms with Crippen LogP contribution in [-0.4, -0.2) is 4.98 Å². The Kier molecular flexibility index (Phi) is 5.20. The molecule has 0 saturated carbocycles. The summed E-state index contributed by atoms with van der Waals surface area (Å²) in [5.74, 6) is 0. The normalized spacial score (nSPS) is 11.6. The molecule has 2 heterocycles. The van der Waals surface area contributed by atoms with E-state index >= 15 is 0 Å². The van der Waals surface area contributed by atoms with Crippen LogP contribution in [0.2, 0.25) is 0 Å². The van der Waals surface area contributed by atoms with Crippen LogP contribution in [0.5, 0.6) is 0 Å². The molecule has 152 valence electrons. The van der Waals surface area contributed by atoms with Crippen LogP contribution >= 0.6 is 12.2 Å². The van der Waals surface area contributed by atoms with Gasteiger partial charge in [0.1, 0.15) is 5.60 Å². The minimum Gasteiger partial charge on any atom is -0.413 e. The van der Waals surface area contributed by atoms with Gasteiger partial charge in [0, 0.05) is 18.3 Å². The van der Waals surface area contributed by atoms with Crippen LogP contribution in [0.1, 0.15) is 22.4 Å². The summed E-state index contributed by atoms with van der Waals surface area (Å²) in [7, 11) is 0. The second kappa shape index (κ2) is 8.30. The van der Waals surface area contributed by atoms with E-state index < -0.39 is 5.60 Å². The van der Waals surface area contributed by atoms with E-state index in [1.165, 1.54) is 0 Å². The van der Waals surface area contributed by atoms with Gasteiger partial charge in [0.15, 0.2) is 11.2 Å². The highest BCUT2D eigenvalue weighted by molar-refractivity contribution is 7.71. The SMILES string of the molecule is S=c1oc2cnc(COC(c3ccccc3)(c3ccccc3)c3ccccc3)cc2o1. The number of hydrogen-bond acceptors (Lipinski definition) is 5. The molecule has 0 radical (unpaired) electrons. The van der Waals surface area contributed by atoms with E-state index in [4.69, 9.17) is 25.8 Å².